The maximum absolute atomic E-state index is 11.1. The van der Waals surface area contributed by atoms with Crippen LogP contribution in [0.25, 0.3) is 11.4 Å². The standard InChI is InChI=1S/C13H17N5O2S/c19-21(20)10-6-7-12(14-9-4-2-1-3-5-9)11(8-10)13-15-17-18-16-13/h6-9,14H,1-5H2,(H,19,20)(H,15,16,17,18)/p-1. The highest BCUT2D eigenvalue weighted by Gasteiger charge is 2.17. The van der Waals surface area contributed by atoms with E-state index in [1.54, 1.807) is 18.2 Å². The quantitative estimate of drug-likeness (QED) is 0.835. The average molecular weight is 306 g/mol. The Hall–Kier alpha value is -1.80. The highest BCUT2D eigenvalue weighted by molar-refractivity contribution is 7.79. The van der Waals surface area contributed by atoms with Crippen LogP contribution in [-0.2, 0) is 11.1 Å². The first-order valence-corrected chi connectivity index (χ1v) is 8.05. The van der Waals surface area contributed by atoms with Crippen molar-refractivity contribution in [3.63, 3.8) is 0 Å². The van der Waals surface area contributed by atoms with E-state index in [9.17, 15) is 8.76 Å². The molecule has 1 aliphatic carbocycles. The minimum absolute atomic E-state index is 0.212. The summed E-state index contributed by atoms with van der Waals surface area (Å²) in [5, 5.41) is 17.3. The molecule has 21 heavy (non-hydrogen) atoms. The third kappa shape index (κ3) is 3.27. The zero-order valence-electron chi connectivity index (χ0n) is 11.4. The van der Waals surface area contributed by atoms with Gasteiger partial charge in [-0.25, -0.2) is 0 Å². The van der Waals surface area contributed by atoms with Gasteiger partial charge in [0.05, 0.1) is 0 Å². The summed E-state index contributed by atoms with van der Waals surface area (Å²) in [4.78, 5) is 0.212. The van der Waals surface area contributed by atoms with Crippen LogP contribution in [0.2, 0.25) is 0 Å². The van der Waals surface area contributed by atoms with E-state index in [1.807, 2.05) is 0 Å². The van der Waals surface area contributed by atoms with Gasteiger partial charge in [0.25, 0.3) is 0 Å². The summed E-state index contributed by atoms with van der Waals surface area (Å²) >= 11 is -2.28. The second-order valence-electron chi connectivity index (χ2n) is 5.16. The number of anilines is 1. The van der Waals surface area contributed by atoms with Gasteiger partial charge in [-0.05, 0) is 47.3 Å². The highest BCUT2D eigenvalue weighted by Crippen LogP contribution is 2.30. The van der Waals surface area contributed by atoms with E-state index >= 15 is 0 Å². The number of nitrogens with zero attached hydrogens (tertiary/aromatic N) is 3. The summed E-state index contributed by atoms with van der Waals surface area (Å²) in [6.45, 7) is 0. The number of aromatic nitrogens is 4. The molecule has 0 radical (unpaired) electrons. The van der Waals surface area contributed by atoms with Crippen molar-refractivity contribution >= 4 is 16.8 Å². The normalized spacial score (nSPS) is 17.6. The number of tetrazole rings is 1. The average Bonchev–Trinajstić information content (AvgIpc) is 3.02. The number of H-pyrrole nitrogens is 1. The van der Waals surface area contributed by atoms with Gasteiger partial charge in [0.15, 0.2) is 0 Å². The van der Waals surface area contributed by atoms with E-state index in [1.165, 1.54) is 19.3 Å². The van der Waals surface area contributed by atoms with Gasteiger partial charge in [-0.3, -0.25) is 4.21 Å². The second kappa shape index (κ2) is 6.31. The minimum Gasteiger partial charge on any atom is -0.768 e. The van der Waals surface area contributed by atoms with Crippen LogP contribution in [0, 0.1) is 0 Å². The highest BCUT2D eigenvalue weighted by atomic mass is 32.2. The summed E-state index contributed by atoms with van der Waals surface area (Å²) < 4.78 is 22.3. The molecule has 1 unspecified atom stereocenters. The molecule has 3 rings (SSSR count). The molecule has 1 aliphatic rings. The first-order chi connectivity index (χ1) is 10.2. The molecule has 2 N–H and O–H groups in total. The molecule has 0 bridgehead atoms. The Morgan fingerprint density at radius 3 is 2.76 bits per heavy atom. The second-order valence-corrected chi connectivity index (χ2v) is 6.10. The van der Waals surface area contributed by atoms with Crippen molar-refractivity contribution in [3.05, 3.63) is 18.2 Å². The molecule has 0 saturated heterocycles. The fourth-order valence-corrected chi connectivity index (χ4v) is 3.07. The Morgan fingerprint density at radius 1 is 1.29 bits per heavy atom. The number of benzene rings is 1. The molecule has 1 fully saturated rings. The smallest absolute Gasteiger partial charge is 0.206 e. The molecule has 2 aromatic rings. The van der Waals surface area contributed by atoms with Gasteiger partial charge in [0.2, 0.25) is 5.82 Å². The topological polar surface area (TPSA) is 107 Å². The lowest BCUT2D eigenvalue weighted by Gasteiger charge is -2.25. The number of nitrogens with one attached hydrogen (secondary N) is 2. The van der Waals surface area contributed by atoms with Gasteiger partial charge in [0.1, 0.15) is 0 Å². The first kappa shape index (κ1) is 14.2. The van der Waals surface area contributed by atoms with Gasteiger partial charge >= 0.3 is 0 Å². The van der Waals surface area contributed by atoms with Crippen LogP contribution in [0.3, 0.4) is 0 Å². The summed E-state index contributed by atoms with van der Waals surface area (Å²) in [6.07, 6.45) is 5.97. The predicted octanol–water partition coefficient (Wildman–Crippen LogP) is 1.85. The molecule has 0 amide bonds. The fourth-order valence-electron chi connectivity index (χ4n) is 2.68. The lowest BCUT2D eigenvalue weighted by molar-refractivity contribution is 0.463. The van der Waals surface area contributed by atoms with Crippen LogP contribution in [-0.4, -0.2) is 35.4 Å². The Balaban J connectivity index is 1.92. The molecule has 0 spiro atoms. The zero-order chi connectivity index (χ0) is 14.7. The third-order valence-electron chi connectivity index (χ3n) is 3.73. The van der Waals surface area contributed by atoms with Crippen LogP contribution in [0.4, 0.5) is 5.69 Å². The van der Waals surface area contributed by atoms with Crippen LogP contribution >= 0.6 is 0 Å². The number of aromatic amines is 1. The Kier molecular flexibility index (Phi) is 4.26. The largest absolute Gasteiger partial charge is 0.768 e. The van der Waals surface area contributed by atoms with E-state index < -0.39 is 11.1 Å². The SMILES string of the molecule is O=S([O-])c1ccc(NC2CCCCC2)c(-c2nn[nH]n2)c1. The minimum atomic E-state index is -2.28. The Bertz CT molecular complexity index is 625. The summed E-state index contributed by atoms with van der Waals surface area (Å²) in [7, 11) is 0. The van der Waals surface area contributed by atoms with Crippen LogP contribution in [0.5, 0.6) is 0 Å². The molecule has 1 saturated carbocycles. The fraction of sp³-hybridized carbons (Fsp3) is 0.462. The molecule has 1 atom stereocenters. The lowest BCUT2D eigenvalue weighted by atomic mass is 9.95. The Labute approximate surface area is 124 Å². The molecule has 1 aromatic heterocycles. The van der Waals surface area contributed by atoms with Gasteiger partial charge < -0.3 is 9.87 Å². The van der Waals surface area contributed by atoms with E-state index in [2.05, 4.69) is 25.9 Å². The molecule has 8 heteroatoms. The van der Waals surface area contributed by atoms with Crippen molar-refractivity contribution < 1.29 is 8.76 Å². The van der Waals surface area contributed by atoms with Crippen molar-refractivity contribution in [2.45, 2.75) is 43.0 Å². The van der Waals surface area contributed by atoms with E-state index in [4.69, 9.17) is 0 Å². The molecule has 0 aliphatic heterocycles. The van der Waals surface area contributed by atoms with Crippen molar-refractivity contribution in [3.8, 4) is 11.4 Å². The molecular formula is C13H16N5O2S-. The summed E-state index contributed by atoms with van der Waals surface area (Å²) in [5.74, 6) is 0.389. The number of hydrogen-bond acceptors (Lipinski definition) is 6. The van der Waals surface area contributed by atoms with Crippen molar-refractivity contribution in [1.29, 1.82) is 0 Å². The lowest BCUT2D eigenvalue weighted by Crippen LogP contribution is -2.22. The van der Waals surface area contributed by atoms with Crippen molar-refractivity contribution in [2.75, 3.05) is 5.32 Å². The molecule has 1 heterocycles. The molecule has 7 nitrogen and oxygen atoms in total. The van der Waals surface area contributed by atoms with Gasteiger partial charge in [-0.1, -0.05) is 19.3 Å². The van der Waals surface area contributed by atoms with Crippen LogP contribution in [0.15, 0.2) is 23.1 Å². The van der Waals surface area contributed by atoms with E-state index in [0.717, 1.165) is 18.5 Å². The summed E-state index contributed by atoms with van der Waals surface area (Å²) in [6, 6.07) is 5.33. The first-order valence-electron chi connectivity index (χ1n) is 6.98. The molecular weight excluding hydrogens is 290 g/mol. The maximum Gasteiger partial charge on any atom is 0.206 e. The van der Waals surface area contributed by atoms with Crippen LogP contribution in [0.1, 0.15) is 32.1 Å². The number of hydrogen-bond donors (Lipinski definition) is 2. The predicted molar refractivity (Wildman–Crippen MR) is 77.3 cm³/mol. The van der Waals surface area contributed by atoms with Gasteiger partial charge in [0, 0.05) is 22.2 Å². The van der Waals surface area contributed by atoms with Gasteiger partial charge in [-0.2, -0.15) is 5.21 Å². The van der Waals surface area contributed by atoms with Crippen molar-refractivity contribution in [1.82, 2.24) is 20.6 Å². The van der Waals surface area contributed by atoms with Crippen molar-refractivity contribution in [2.24, 2.45) is 0 Å². The van der Waals surface area contributed by atoms with E-state index in [0.29, 0.717) is 17.4 Å². The zero-order valence-corrected chi connectivity index (χ0v) is 12.2. The Morgan fingerprint density at radius 2 is 2.10 bits per heavy atom. The summed E-state index contributed by atoms with van der Waals surface area (Å²) in [5.41, 5.74) is 1.49. The van der Waals surface area contributed by atoms with E-state index in [-0.39, 0.29) is 4.90 Å². The molecule has 1 aromatic carbocycles. The number of rotatable bonds is 4. The monoisotopic (exact) mass is 306 g/mol. The van der Waals surface area contributed by atoms with Gasteiger partial charge in [-0.15, -0.1) is 10.2 Å². The third-order valence-corrected chi connectivity index (χ3v) is 4.37. The maximum atomic E-state index is 11.1. The van der Waals surface area contributed by atoms with Crippen LogP contribution < -0.4 is 5.32 Å². The molecule has 112 valence electrons.